The third-order valence-corrected chi connectivity index (χ3v) is 3.86. The summed E-state index contributed by atoms with van der Waals surface area (Å²) in [5.74, 6) is -0.362. The predicted molar refractivity (Wildman–Crippen MR) is 94.6 cm³/mol. The maximum Gasteiger partial charge on any atom is 0.252 e. The second-order valence-electron chi connectivity index (χ2n) is 5.80. The topological polar surface area (TPSA) is 55.4 Å². The molecule has 4 nitrogen and oxygen atoms in total. The van der Waals surface area contributed by atoms with Crippen LogP contribution in [0.4, 0.5) is 0 Å². The molecule has 0 spiro atoms. The molecular formula is C20H23NO3. The van der Waals surface area contributed by atoms with Gasteiger partial charge in [-0.25, -0.2) is 0 Å². The Bertz CT molecular complexity index is 737. The number of methoxy groups -OCH3 is 1. The van der Waals surface area contributed by atoms with Crippen molar-refractivity contribution in [1.82, 2.24) is 5.32 Å². The van der Waals surface area contributed by atoms with Gasteiger partial charge in [-0.1, -0.05) is 35.9 Å². The first-order valence-electron chi connectivity index (χ1n) is 8.02. The average Bonchev–Trinajstić information content (AvgIpc) is 2.60. The van der Waals surface area contributed by atoms with Crippen LogP contribution in [0.15, 0.2) is 42.5 Å². The van der Waals surface area contributed by atoms with E-state index in [9.17, 15) is 9.59 Å². The normalized spacial score (nSPS) is 10.5. The van der Waals surface area contributed by atoms with Crippen LogP contribution < -0.4 is 5.32 Å². The summed E-state index contributed by atoms with van der Waals surface area (Å²) in [7, 11) is 1.62. The molecule has 2 rings (SSSR count). The molecule has 0 atom stereocenters. The summed E-state index contributed by atoms with van der Waals surface area (Å²) >= 11 is 0. The van der Waals surface area contributed by atoms with Crippen molar-refractivity contribution in [3.8, 4) is 0 Å². The molecule has 0 saturated carbocycles. The highest BCUT2D eigenvalue weighted by Gasteiger charge is 2.19. The van der Waals surface area contributed by atoms with Gasteiger partial charge >= 0.3 is 0 Å². The van der Waals surface area contributed by atoms with E-state index in [2.05, 4.69) is 5.32 Å². The zero-order chi connectivity index (χ0) is 17.5. The Morgan fingerprint density at radius 1 is 1.00 bits per heavy atom. The van der Waals surface area contributed by atoms with Crippen LogP contribution in [0.3, 0.4) is 0 Å². The monoisotopic (exact) mass is 325 g/mol. The molecule has 24 heavy (non-hydrogen) atoms. The smallest absolute Gasteiger partial charge is 0.252 e. The molecule has 0 aliphatic rings. The fraction of sp³-hybridized carbons (Fsp3) is 0.300. The molecule has 0 aliphatic carbocycles. The Morgan fingerprint density at radius 2 is 1.71 bits per heavy atom. The lowest BCUT2D eigenvalue weighted by molar-refractivity contribution is 0.0937. The number of ether oxygens (including phenoxy) is 1. The molecule has 0 aromatic heterocycles. The summed E-state index contributed by atoms with van der Waals surface area (Å²) in [6.07, 6.45) is 0.731. The molecule has 0 unspecified atom stereocenters. The third-order valence-electron chi connectivity index (χ3n) is 3.86. The van der Waals surface area contributed by atoms with Crippen LogP contribution in [0.2, 0.25) is 0 Å². The van der Waals surface area contributed by atoms with Crippen molar-refractivity contribution >= 4 is 11.7 Å². The van der Waals surface area contributed by atoms with Crippen molar-refractivity contribution in [1.29, 1.82) is 0 Å². The number of hydrogen-bond acceptors (Lipinski definition) is 3. The van der Waals surface area contributed by atoms with E-state index in [1.165, 1.54) is 0 Å². The second-order valence-corrected chi connectivity index (χ2v) is 5.80. The van der Waals surface area contributed by atoms with Crippen LogP contribution in [0.1, 0.15) is 43.8 Å². The highest BCUT2D eigenvalue weighted by atomic mass is 16.5. The Labute approximate surface area is 142 Å². The summed E-state index contributed by atoms with van der Waals surface area (Å²) in [6, 6.07) is 12.7. The highest BCUT2D eigenvalue weighted by molar-refractivity contribution is 6.15. The molecular weight excluding hydrogens is 302 g/mol. The fourth-order valence-electron chi connectivity index (χ4n) is 2.52. The van der Waals surface area contributed by atoms with E-state index in [0.29, 0.717) is 29.8 Å². The van der Waals surface area contributed by atoms with Crippen molar-refractivity contribution in [3.63, 3.8) is 0 Å². The predicted octanol–water partition coefficient (Wildman–Crippen LogP) is 3.30. The zero-order valence-electron chi connectivity index (χ0n) is 14.4. The van der Waals surface area contributed by atoms with Gasteiger partial charge in [-0.05, 0) is 38.0 Å². The van der Waals surface area contributed by atoms with Gasteiger partial charge in [-0.15, -0.1) is 0 Å². The minimum Gasteiger partial charge on any atom is -0.385 e. The fourth-order valence-corrected chi connectivity index (χ4v) is 2.52. The van der Waals surface area contributed by atoms with Gasteiger partial charge in [0.25, 0.3) is 5.91 Å². The second kappa shape index (κ2) is 8.41. The maximum absolute atomic E-state index is 12.9. The van der Waals surface area contributed by atoms with E-state index in [-0.39, 0.29) is 11.7 Å². The number of rotatable bonds is 7. The lowest BCUT2D eigenvalue weighted by Gasteiger charge is -2.11. The quantitative estimate of drug-likeness (QED) is 0.628. The van der Waals surface area contributed by atoms with E-state index in [1.54, 1.807) is 31.4 Å². The SMILES string of the molecule is COCCCNC(=O)c1ccccc1C(=O)c1cc(C)ccc1C. The number of aryl methyl sites for hydroxylation is 2. The molecule has 0 aliphatic heterocycles. The maximum atomic E-state index is 12.9. The Hall–Kier alpha value is -2.46. The van der Waals surface area contributed by atoms with Crippen LogP contribution in [-0.4, -0.2) is 32.0 Å². The third kappa shape index (κ3) is 4.30. The van der Waals surface area contributed by atoms with Gasteiger partial charge in [0, 0.05) is 31.4 Å². The van der Waals surface area contributed by atoms with Gasteiger partial charge < -0.3 is 10.1 Å². The molecule has 1 N–H and O–H groups in total. The Morgan fingerprint density at radius 3 is 2.42 bits per heavy atom. The first-order chi connectivity index (χ1) is 11.5. The molecule has 1 amide bonds. The van der Waals surface area contributed by atoms with Gasteiger partial charge in [0.1, 0.15) is 0 Å². The molecule has 0 heterocycles. The van der Waals surface area contributed by atoms with Crippen molar-refractivity contribution in [3.05, 3.63) is 70.3 Å². The molecule has 126 valence electrons. The molecule has 0 saturated heterocycles. The molecule has 0 bridgehead atoms. The number of benzene rings is 2. The number of carbonyl (C=O) groups is 2. The summed E-state index contributed by atoms with van der Waals surface area (Å²) < 4.78 is 4.97. The minimum atomic E-state index is -0.236. The number of nitrogens with one attached hydrogen (secondary N) is 1. The molecule has 0 radical (unpaired) electrons. The summed E-state index contributed by atoms with van der Waals surface area (Å²) in [4.78, 5) is 25.3. The van der Waals surface area contributed by atoms with Crippen molar-refractivity contribution < 1.29 is 14.3 Å². The van der Waals surface area contributed by atoms with Crippen LogP contribution in [0.5, 0.6) is 0 Å². The minimum absolute atomic E-state index is 0.126. The number of carbonyl (C=O) groups excluding carboxylic acids is 2. The first-order valence-corrected chi connectivity index (χ1v) is 8.02. The highest BCUT2D eigenvalue weighted by Crippen LogP contribution is 2.19. The van der Waals surface area contributed by atoms with E-state index in [0.717, 1.165) is 17.5 Å². The summed E-state index contributed by atoms with van der Waals surface area (Å²) in [6.45, 7) is 4.95. The number of amides is 1. The largest absolute Gasteiger partial charge is 0.385 e. The molecule has 2 aromatic carbocycles. The number of ketones is 1. The summed E-state index contributed by atoms with van der Waals surface area (Å²) in [5.41, 5.74) is 3.39. The first kappa shape index (κ1) is 17.9. The van der Waals surface area contributed by atoms with Crippen LogP contribution in [0.25, 0.3) is 0 Å². The van der Waals surface area contributed by atoms with Gasteiger partial charge in [0.05, 0.1) is 5.56 Å². The average molecular weight is 325 g/mol. The number of hydrogen-bond donors (Lipinski definition) is 1. The van der Waals surface area contributed by atoms with Gasteiger partial charge in [0.2, 0.25) is 0 Å². The zero-order valence-corrected chi connectivity index (χ0v) is 14.4. The lowest BCUT2D eigenvalue weighted by atomic mass is 9.94. The van der Waals surface area contributed by atoms with Gasteiger partial charge in [0.15, 0.2) is 5.78 Å². The van der Waals surface area contributed by atoms with Crippen molar-refractivity contribution in [2.75, 3.05) is 20.3 Å². The molecule has 0 fully saturated rings. The summed E-state index contributed by atoms with van der Waals surface area (Å²) in [5, 5.41) is 2.84. The van der Waals surface area contributed by atoms with E-state index >= 15 is 0 Å². The van der Waals surface area contributed by atoms with E-state index < -0.39 is 0 Å². The van der Waals surface area contributed by atoms with E-state index in [1.807, 2.05) is 32.0 Å². The Balaban J connectivity index is 2.26. The van der Waals surface area contributed by atoms with Crippen molar-refractivity contribution in [2.24, 2.45) is 0 Å². The Kier molecular flexibility index (Phi) is 6.27. The van der Waals surface area contributed by atoms with Crippen LogP contribution >= 0.6 is 0 Å². The van der Waals surface area contributed by atoms with Crippen LogP contribution in [-0.2, 0) is 4.74 Å². The van der Waals surface area contributed by atoms with Gasteiger partial charge in [-0.3, -0.25) is 9.59 Å². The van der Waals surface area contributed by atoms with Crippen LogP contribution in [0, 0.1) is 13.8 Å². The van der Waals surface area contributed by atoms with Gasteiger partial charge in [-0.2, -0.15) is 0 Å². The van der Waals surface area contributed by atoms with Crippen molar-refractivity contribution in [2.45, 2.75) is 20.3 Å². The standard InChI is InChI=1S/C20H23NO3/c1-14-9-10-15(2)18(13-14)19(22)16-7-4-5-8-17(16)20(23)21-11-6-12-24-3/h4-5,7-10,13H,6,11-12H2,1-3H3,(H,21,23). The lowest BCUT2D eigenvalue weighted by Crippen LogP contribution is -2.27. The molecule has 4 heteroatoms. The van der Waals surface area contributed by atoms with E-state index in [4.69, 9.17) is 4.74 Å². The molecule has 2 aromatic rings.